The Kier molecular flexibility index (Phi) is 2.64. The molecule has 2 aromatic rings. The Labute approximate surface area is 111 Å². The third-order valence-electron chi connectivity index (χ3n) is 3.77. The summed E-state index contributed by atoms with van der Waals surface area (Å²) in [6.45, 7) is 2.22. The molecule has 0 N–H and O–H groups in total. The summed E-state index contributed by atoms with van der Waals surface area (Å²) in [5.74, 6) is 1.02. The Morgan fingerprint density at radius 3 is 2.88 bits per heavy atom. The topological polar surface area (TPSA) is 13.1 Å². The van der Waals surface area contributed by atoms with Crippen LogP contribution in [0.1, 0.15) is 31.9 Å². The van der Waals surface area contributed by atoms with Crippen molar-refractivity contribution in [1.29, 1.82) is 0 Å². The number of fused-ring (bicyclic) bond motifs is 1. The maximum absolute atomic E-state index is 6.21. The number of furan rings is 1. The van der Waals surface area contributed by atoms with E-state index in [1.165, 1.54) is 0 Å². The molecule has 0 aliphatic heterocycles. The first-order chi connectivity index (χ1) is 8.08. The van der Waals surface area contributed by atoms with Crippen LogP contribution in [0.5, 0.6) is 0 Å². The fourth-order valence-corrected chi connectivity index (χ4v) is 3.39. The number of benzene rings is 1. The Hall–Kier alpha value is -0.660. The SMILES string of the molecule is CC1(c2cc3cccc(Cl)c3o2)CCC(Cl)C1. The molecule has 0 radical (unpaired) electrons. The average Bonchev–Trinajstić information content (AvgIpc) is 2.85. The highest BCUT2D eigenvalue weighted by molar-refractivity contribution is 6.34. The van der Waals surface area contributed by atoms with Gasteiger partial charge >= 0.3 is 0 Å². The van der Waals surface area contributed by atoms with Gasteiger partial charge in [0.25, 0.3) is 0 Å². The standard InChI is InChI=1S/C14H14Cl2O/c1-14(6-5-10(15)8-14)12-7-9-3-2-4-11(16)13(9)17-12/h2-4,7,10H,5-6,8H2,1H3. The molecule has 17 heavy (non-hydrogen) atoms. The summed E-state index contributed by atoms with van der Waals surface area (Å²) in [5.41, 5.74) is 0.859. The van der Waals surface area contributed by atoms with E-state index in [4.69, 9.17) is 27.6 Å². The predicted molar refractivity (Wildman–Crippen MR) is 72.1 cm³/mol. The first-order valence-electron chi connectivity index (χ1n) is 5.91. The summed E-state index contributed by atoms with van der Waals surface area (Å²) >= 11 is 12.3. The minimum atomic E-state index is 0.0643. The van der Waals surface area contributed by atoms with Crippen molar-refractivity contribution in [2.45, 2.75) is 37.0 Å². The number of para-hydroxylation sites is 1. The first-order valence-corrected chi connectivity index (χ1v) is 6.72. The van der Waals surface area contributed by atoms with Gasteiger partial charge < -0.3 is 4.42 Å². The molecule has 0 amide bonds. The zero-order valence-corrected chi connectivity index (χ0v) is 11.2. The second kappa shape index (κ2) is 3.93. The van der Waals surface area contributed by atoms with Gasteiger partial charge in [0.15, 0.2) is 5.58 Å². The quantitative estimate of drug-likeness (QED) is 0.653. The van der Waals surface area contributed by atoms with Crippen molar-refractivity contribution in [3.63, 3.8) is 0 Å². The fraction of sp³-hybridized carbons (Fsp3) is 0.429. The molecule has 1 heterocycles. The van der Waals surface area contributed by atoms with Gasteiger partial charge in [0.1, 0.15) is 5.76 Å². The maximum Gasteiger partial charge on any atom is 0.152 e. The van der Waals surface area contributed by atoms with Crippen LogP contribution in [-0.2, 0) is 5.41 Å². The Bertz CT molecular complexity index is 560. The Balaban J connectivity index is 2.10. The maximum atomic E-state index is 6.21. The van der Waals surface area contributed by atoms with Crippen LogP contribution in [-0.4, -0.2) is 5.38 Å². The van der Waals surface area contributed by atoms with Crippen LogP contribution < -0.4 is 0 Å². The predicted octanol–water partition coefficient (Wildman–Crippen LogP) is 5.14. The largest absolute Gasteiger partial charge is 0.459 e. The number of hydrogen-bond acceptors (Lipinski definition) is 1. The highest BCUT2D eigenvalue weighted by Gasteiger charge is 2.38. The number of rotatable bonds is 1. The molecule has 1 nitrogen and oxygen atoms in total. The van der Waals surface area contributed by atoms with E-state index in [1.807, 2.05) is 18.2 Å². The third-order valence-corrected chi connectivity index (χ3v) is 4.44. The van der Waals surface area contributed by atoms with Gasteiger partial charge in [0.05, 0.1) is 5.02 Å². The van der Waals surface area contributed by atoms with Crippen molar-refractivity contribution in [1.82, 2.24) is 0 Å². The lowest BCUT2D eigenvalue weighted by molar-refractivity contribution is 0.381. The summed E-state index contributed by atoms with van der Waals surface area (Å²) in [4.78, 5) is 0. The summed E-state index contributed by atoms with van der Waals surface area (Å²) in [6, 6.07) is 7.95. The molecular weight excluding hydrogens is 255 g/mol. The lowest BCUT2D eigenvalue weighted by Crippen LogP contribution is -2.16. The first kappa shape index (κ1) is 11.4. The Morgan fingerprint density at radius 2 is 2.24 bits per heavy atom. The fourth-order valence-electron chi connectivity index (χ4n) is 2.72. The molecule has 1 aromatic carbocycles. The molecule has 1 saturated carbocycles. The van der Waals surface area contributed by atoms with Crippen LogP contribution in [0.2, 0.25) is 5.02 Å². The molecule has 2 unspecified atom stereocenters. The van der Waals surface area contributed by atoms with Gasteiger partial charge in [-0.3, -0.25) is 0 Å². The van der Waals surface area contributed by atoms with Gasteiger partial charge in [-0.15, -0.1) is 11.6 Å². The van der Waals surface area contributed by atoms with E-state index in [0.717, 1.165) is 36.0 Å². The third kappa shape index (κ3) is 1.86. The molecule has 0 bridgehead atoms. The molecule has 0 saturated heterocycles. The number of alkyl halides is 1. The lowest BCUT2D eigenvalue weighted by atomic mass is 9.86. The second-order valence-corrected chi connectivity index (χ2v) is 6.19. The van der Waals surface area contributed by atoms with Crippen LogP contribution in [0.15, 0.2) is 28.7 Å². The van der Waals surface area contributed by atoms with Crippen molar-refractivity contribution in [3.8, 4) is 0 Å². The van der Waals surface area contributed by atoms with E-state index in [2.05, 4.69) is 13.0 Å². The van der Waals surface area contributed by atoms with E-state index >= 15 is 0 Å². The van der Waals surface area contributed by atoms with Crippen molar-refractivity contribution in [2.24, 2.45) is 0 Å². The smallest absolute Gasteiger partial charge is 0.152 e. The Morgan fingerprint density at radius 1 is 1.41 bits per heavy atom. The summed E-state index contributed by atoms with van der Waals surface area (Å²) < 4.78 is 5.94. The van der Waals surface area contributed by atoms with Gasteiger partial charge in [-0.25, -0.2) is 0 Å². The molecule has 3 heteroatoms. The van der Waals surface area contributed by atoms with Gasteiger partial charge in [0.2, 0.25) is 0 Å². The molecule has 2 atom stereocenters. The van der Waals surface area contributed by atoms with E-state index in [0.29, 0.717) is 5.02 Å². The highest BCUT2D eigenvalue weighted by atomic mass is 35.5. The normalized spacial score (nSPS) is 29.0. The molecule has 1 aliphatic carbocycles. The number of halogens is 2. The van der Waals surface area contributed by atoms with Gasteiger partial charge in [-0.1, -0.05) is 30.7 Å². The monoisotopic (exact) mass is 268 g/mol. The van der Waals surface area contributed by atoms with E-state index in [-0.39, 0.29) is 10.8 Å². The summed E-state index contributed by atoms with van der Waals surface area (Å²) in [5, 5.41) is 2.02. The van der Waals surface area contributed by atoms with Crippen LogP contribution in [0.3, 0.4) is 0 Å². The van der Waals surface area contributed by atoms with Crippen molar-refractivity contribution < 1.29 is 4.42 Å². The summed E-state index contributed by atoms with van der Waals surface area (Å²) in [7, 11) is 0. The van der Waals surface area contributed by atoms with Crippen molar-refractivity contribution in [3.05, 3.63) is 35.0 Å². The highest BCUT2D eigenvalue weighted by Crippen LogP contribution is 2.45. The van der Waals surface area contributed by atoms with E-state index in [9.17, 15) is 0 Å². The molecule has 0 spiro atoms. The van der Waals surface area contributed by atoms with E-state index < -0.39 is 0 Å². The van der Waals surface area contributed by atoms with Crippen LogP contribution in [0.25, 0.3) is 11.0 Å². The summed E-state index contributed by atoms with van der Waals surface area (Å²) in [6.07, 6.45) is 3.12. The zero-order valence-electron chi connectivity index (χ0n) is 9.67. The molecule has 1 fully saturated rings. The molecule has 1 aromatic heterocycles. The lowest BCUT2D eigenvalue weighted by Gasteiger charge is -2.20. The molecule has 90 valence electrons. The van der Waals surface area contributed by atoms with Crippen molar-refractivity contribution >= 4 is 34.2 Å². The molecule has 3 rings (SSSR count). The van der Waals surface area contributed by atoms with Gasteiger partial charge in [-0.2, -0.15) is 0 Å². The minimum Gasteiger partial charge on any atom is -0.459 e. The van der Waals surface area contributed by atoms with E-state index in [1.54, 1.807) is 0 Å². The van der Waals surface area contributed by atoms with Gasteiger partial charge in [0, 0.05) is 16.2 Å². The average molecular weight is 269 g/mol. The minimum absolute atomic E-state index is 0.0643. The zero-order chi connectivity index (χ0) is 12.0. The van der Waals surface area contributed by atoms with Crippen LogP contribution in [0.4, 0.5) is 0 Å². The number of hydrogen-bond donors (Lipinski definition) is 0. The molecular formula is C14H14Cl2O. The van der Waals surface area contributed by atoms with Crippen LogP contribution in [0, 0.1) is 0 Å². The van der Waals surface area contributed by atoms with Gasteiger partial charge in [-0.05, 0) is 31.4 Å². The second-order valence-electron chi connectivity index (χ2n) is 5.17. The molecule has 1 aliphatic rings. The van der Waals surface area contributed by atoms with Crippen LogP contribution >= 0.6 is 23.2 Å². The van der Waals surface area contributed by atoms with Crippen molar-refractivity contribution in [2.75, 3.05) is 0 Å².